The van der Waals surface area contributed by atoms with Crippen molar-refractivity contribution in [3.63, 3.8) is 0 Å². The lowest BCUT2D eigenvalue weighted by Crippen LogP contribution is -2.36. The fourth-order valence-electron chi connectivity index (χ4n) is 3.18. The zero-order valence-electron chi connectivity index (χ0n) is 14.7. The molecule has 0 radical (unpaired) electrons. The molecule has 1 heterocycles. The Labute approximate surface area is 127 Å². The summed E-state index contributed by atoms with van der Waals surface area (Å²) in [6.07, 6.45) is 5.42. The molecule has 1 aliphatic heterocycles. The van der Waals surface area contributed by atoms with Gasteiger partial charge in [0, 0.05) is 24.7 Å². The second kappa shape index (κ2) is 8.35. The minimum Gasteiger partial charge on any atom is -0.312 e. The molecule has 0 saturated carbocycles. The highest BCUT2D eigenvalue weighted by atomic mass is 15.2. The lowest BCUT2D eigenvalue weighted by molar-refractivity contribution is 0.250. The van der Waals surface area contributed by atoms with E-state index in [9.17, 15) is 0 Å². The first-order valence-corrected chi connectivity index (χ1v) is 8.43. The Morgan fingerprint density at radius 3 is 2.25 bits per heavy atom. The second-order valence-corrected chi connectivity index (χ2v) is 7.86. The average Bonchev–Trinajstić information content (AvgIpc) is 2.68. The van der Waals surface area contributed by atoms with E-state index in [1.165, 1.54) is 45.3 Å². The summed E-state index contributed by atoms with van der Waals surface area (Å²) in [5, 5.41) is 3.56. The third-order valence-electron chi connectivity index (χ3n) is 4.37. The Morgan fingerprint density at radius 2 is 1.70 bits per heavy atom. The van der Waals surface area contributed by atoms with Crippen LogP contribution in [0.5, 0.6) is 0 Å². The maximum absolute atomic E-state index is 3.56. The van der Waals surface area contributed by atoms with Gasteiger partial charge >= 0.3 is 0 Å². The molecule has 1 N–H and O–H groups in total. The fraction of sp³-hybridized carbons (Fsp3) is 1.00. The van der Waals surface area contributed by atoms with E-state index in [1.54, 1.807) is 0 Å². The van der Waals surface area contributed by atoms with Gasteiger partial charge in [-0.1, -0.05) is 19.8 Å². The van der Waals surface area contributed by atoms with Crippen LogP contribution in [0.25, 0.3) is 0 Å². The number of likely N-dealkylation sites (tertiary alicyclic amines) is 1. The van der Waals surface area contributed by atoms with Crippen LogP contribution < -0.4 is 5.32 Å². The lowest BCUT2D eigenvalue weighted by atomic mass is 10.1. The molecule has 2 unspecified atom stereocenters. The maximum Gasteiger partial charge on any atom is 0.0254 e. The SMILES string of the molecule is CC1CN(CCCCCCNC(C)(C)C)CC1N(C)C. The van der Waals surface area contributed by atoms with E-state index in [0.29, 0.717) is 0 Å². The van der Waals surface area contributed by atoms with Crippen LogP contribution >= 0.6 is 0 Å². The number of unbranched alkanes of at least 4 members (excludes halogenated alkanes) is 3. The Kier molecular flexibility index (Phi) is 7.49. The van der Waals surface area contributed by atoms with Crippen molar-refractivity contribution in [3.05, 3.63) is 0 Å². The van der Waals surface area contributed by atoms with E-state index >= 15 is 0 Å². The van der Waals surface area contributed by atoms with Gasteiger partial charge in [-0.3, -0.25) is 0 Å². The van der Waals surface area contributed by atoms with Gasteiger partial charge in [0.25, 0.3) is 0 Å². The summed E-state index contributed by atoms with van der Waals surface area (Å²) in [6.45, 7) is 14.1. The Bertz CT molecular complexity index is 257. The molecule has 0 aromatic heterocycles. The molecule has 0 aromatic rings. The molecular formula is C17H37N3. The zero-order chi connectivity index (χ0) is 15.2. The van der Waals surface area contributed by atoms with Gasteiger partial charge in [-0.2, -0.15) is 0 Å². The molecule has 3 nitrogen and oxygen atoms in total. The quantitative estimate of drug-likeness (QED) is 0.691. The molecule has 0 amide bonds. The van der Waals surface area contributed by atoms with Crippen LogP contribution in [-0.2, 0) is 0 Å². The van der Waals surface area contributed by atoms with Crippen molar-refractivity contribution in [2.24, 2.45) is 5.92 Å². The van der Waals surface area contributed by atoms with Gasteiger partial charge in [0.2, 0.25) is 0 Å². The topological polar surface area (TPSA) is 18.5 Å². The number of rotatable bonds is 8. The summed E-state index contributed by atoms with van der Waals surface area (Å²) >= 11 is 0. The zero-order valence-corrected chi connectivity index (χ0v) is 14.7. The molecule has 120 valence electrons. The van der Waals surface area contributed by atoms with Gasteiger partial charge in [-0.25, -0.2) is 0 Å². The summed E-state index contributed by atoms with van der Waals surface area (Å²) in [5.74, 6) is 0.820. The maximum atomic E-state index is 3.56. The molecule has 1 fully saturated rings. The molecule has 20 heavy (non-hydrogen) atoms. The van der Waals surface area contributed by atoms with Crippen molar-refractivity contribution >= 4 is 0 Å². The molecule has 1 saturated heterocycles. The van der Waals surface area contributed by atoms with E-state index in [2.05, 4.69) is 56.9 Å². The van der Waals surface area contributed by atoms with Crippen molar-refractivity contribution in [2.45, 2.75) is 65.0 Å². The smallest absolute Gasteiger partial charge is 0.0254 e. The van der Waals surface area contributed by atoms with Crippen molar-refractivity contribution < 1.29 is 0 Å². The van der Waals surface area contributed by atoms with E-state index in [4.69, 9.17) is 0 Å². The van der Waals surface area contributed by atoms with Gasteiger partial charge in [-0.05, 0) is 66.7 Å². The van der Waals surface area contributed by atoms with E-state index in [0.717, 1.165) is 18.5 Å². The Hall–Kier alpha value is -0.120. The number of hydrogen-bond donors (Lipinski definition) is 1. The van der Waals surface area contributed by atoms with Crippen LogP contribution in [0.2, 0.25) is 0 Å². The Morgan fingerprint density at radius 1 is 1.05 bits per heavy atom. The van der Waals surface area contributed by atoms with Crippen LogP contribution in [0.3, 0.4) is 0 Å². The first kappa shape index (κ1) is 17.9. The van der Waals surface area contributed by atoms with Gasteiger partial charge < -0.3 is 15.1 Å². The van der Waals surface area contributed by atoms with Crippen LogP contribution in [0.1, 0.15) is 53.4 Å². The Balaban J connectivity index is 2.00. The summed E-state index contributed by atoms with van der Waals surface area (Å²) in [7, 11) is 4.43. The number of nitrogens with zero attached hydrogens (tertiary/aromatic N) is 2. The molecule has 1 rings (SSSR count). The highest BCUT2D eigenvalue weighted by Gasteiger charge is 2.30. The molecule has 0 spiro atoms. The van der Waals surface area contributed by atoms with Crippen molar-refractivity contribution in [1.82, 2.24) is 15.1 Å². The first-order chi connectivity index (χ1) is 9.29. The summed E-state index contributed by atoms with van der Waals surface area (Å²) < 4.78 is 0. The summed E-state index contributed by atoms with van der Waals surface area (Å²) in [6, 6.07) is 0.756. The average molecular weight is 284 g/mol. The number of likely N-dealkylation sites (N-methyl/N-ethyl adjacent to an activating group) is 1. The minimum atomic E-state index is 0.271. The number of nitrogens with one attached hydrogen (secondary N) is 1. The molecule has 0 aromatic carbocycles. The van der Waals surface area contributed by atoms with Gasteiger partial charge in [0.05, 0.1) is 0 Å². The van der Waals surface area contributed by atoms with Gasteiger partial charge in [0.15, 0.2) is 0 Å². The van der Waals surface area contributed by atoms with Gasteiger partial charge in [-0.15, -0.1) is 0 Å². The number of hydrogen-bond acceptors (Lipinski definition) is 3. The normalized spacial score (nSPS) is 24.8. The first-order valence-electron chi connectivity index (χ1n) is 8.43. The van der Waals surface area contributed by atoms with Crippen LogP contribution in [0.15, 0.2) is 0 Å². The van der Waals surface area contributed by atoms with E-state index in [1.807, 2.05) is 0 Å². The monoisotopic (exact) mass is 283 g/mol. The van der Waals surface area contributed by atoms with Crippen molar-refractivity contribution in [2.75, 3.05) is 40.3 Å². The van der Waals surface area contributed by atoms with E-state index in [-0.39, 0.29) is 5.54 Å². The predicted octanol–water partition coefficient (Wildman–Crippen LogP) is 2.82. The van der Waals surface area contributed by atoms with E-state index < -0.39 is 0 Å². The van der Waals surface area contributed by atoms with Crippen LogP contribution in [-0.4, -0.2) is 61.7 Å². The molecule has 0 aliphatic carbocycles. The third kappa shape index (κ3) is 7.05. The van der Waals surface area contributed by atoms with Crippen molar-refractivity contribution in [3.8, 4) is 0 Å². The summed E-state index contributed by atoms with van der Waals surface area (Å²) in [4.78, 5) is 5.05. The predicted molar refractivity (Wildman–Crippen MR) is 89.3 cm³/mol. The molecule has 1 aliphatic rings. The largest absolute Gasteiger partial charge is 0.312 e. The van der Waals surface area contributed by atoms with Gasteiger partial charge in [0.1, 0.15) is 0 Å². The van der Waals surface area contributed by atoms with Crippen LogP contribution in [0, 0.1) is 5.92 Å². The standard InChI is InChI=1S/C17H37N3/c1-15-13-20(14-16(15)19(5)6)12-10-8-7-9-11-18-17(2,3)4/h15-16,18H,7-14H2,1-6H3. The third-order valence-corrected chi connectivity index (χ3v) is 4.37. The minimum absolute atomic E-state index is 0.271. The molecular weight excluding hydrogens is 246 g/mol. The molecule has 2 atom stereocenters. The summed E-state index contributed by atoms with van der Waals surface area (Å²) in [5.41, 5.74) is 0.271. The highest BCUT2D eigenvalue weighted by molar-refractivity contribution is 4.86. The molecule has 3 heteroatoms. The van der Waals surface area contributed by atoms with Crippen LogP contribution in [0.4, 0.5) is 0 Å². The lowest BCUT2D eigenvalue weighted by Gasteiger charge is -2.22. The highest BCUT2D eigenvalue weighted by Crippen LogP contribution is 2.20. The molecule has 0 bridgehead atoms. The fourth-order valence-corrected chi connectivity index (χ4v) is 3.18. The van der Waals surface area contributed by atoms with Crippen molar-refractivity contribution in [1.29, 1.82) is 0 Å². The second-order valence-electron chi connectivity index (χ2n) is 7.86.